The number of hydrogen-bond acceptors (Lipinski definition) is 2. The molecule has 1 aromatic carbocycles. The Balaban J connectivity index is 2.63. The van der Waals surface area contributed by atoms with Gasteiger partial charge in [-0.05, 0) is 12.5 Å². The second-order valence-electron chi connectivity index (χ2n) is 4.89. The molecule has 0 aliphatic rings. The molecule has 2 nitrogen and oxygen atoms in total. The van der Waals surface area contributed by atoms with E-state index in [1.165, 1.54) is 0 Å². The van der Waals surface area contributed by atoms with E-state index in [2.05, 4.69) is 0 Å². The van der Waals surface area contributed by atoms with Crippen LogP contribution in [0.4, 0.5) is 0 Å². The van der Waals surface area contributed by atoms with Gasteiger partial charge >= 0.3 is 0 Å². The van der Waals surface area contributed by atoms with Crippen molar-refractivity contribution < 1.29 is 9.84 Å². The molecule has 0 saturated heterocycles. The highest BCUT2D eigenvalue weighted by molar-refractivity contribution is 5.13. The van der Waals surface area contributed by atoms with Crippen molar-refractivity contribution in [3.05, 3.63) is 48.0 Å². The summed E-state index contributed by atoms with van der Waals surface area (Å²) in [5.41, 5.74) is 0.886. The molecule has 0 spiro atoms. The van der Waals surface area contributed by atoms with Gasteiger partial charge in [0.15, 0.2) is 0 Å². The monoisotopic (exact) mass is 234 g/mol. The zero-order valence-electron chi connectivity index (χ0n) is 10.9. The number of hydrogen-bond donors (Lipinski definition) is 1. The lowest BCUT2D eigenvalue weighted by molar-refractivity contribution is -0.0290. The van der Waals surface area contributed by atoms with Crippen LogP contribution in [-0.2, 0) is 11.3 Å². The molecule has 94 valence electrons. The molecule has 1 atom stereocenters. The van der Waals surface area contributed by atoms with E-state index in [0.29, 0.717) is 6.61 Å². The molecule has 0 bridgehead atoms. The quantitative estimate of drug-likeness (QED) is 0.766. The average Bonchev–Trinajstić information content (AvgIpc) is 2.35. The van der Waals surface area contributed by atoms with Crippen LogP contribution in [0.2, 0.25) is 0 Å². The minimum Gasteiger partial charge on any atom is -0.396 e. The lowest BCUT2D eigenvalue weighted by Crippen LogP contribution is -2.33. The molecule has 0 radical (unpaired) electrons. The molecule has 0 fully saturated rings. The summed E-state index contributed by atoms with van der Waals surface area (Å²) in [5.74, 6) is 0. The van der Waals surface area contributed by atoms with Crippen molar-refractivity contribution in [3.8, 4) is 0 Å². The van der Waals surface area contributed by atoms with Gasteiger partial charge in [-0.3, -0.25) is 0 Å². The third-order valence-corrected chi connectivity index (χ3v) is 2.82. The Labute approximate surface area is 104 Å². The summed E-state index contributed by atoms with van der Waals surface area (Å²) in [6, 6.07) is 10.1. The van der Waals surface area contributed by atoms with E-state index in [9.17, 15) is 5.11 Å². The highest BCUT2D eigenvalue weighted by Crippen LogP contribution is 2.24. The van der Waals surface area contributed by atoms with Crippen LogP contribution in [0.25, 0.3) is 0 Å². The van der Waals surface area contributed by atoms with Gasteiger partial charge in [0.05, 0.1) is 19.3 Å². The third-order valence-electron chi connectivity index (χ3n) is 2.82. The topological polar surface area (TPSA) is 29.5 Å². The minimum absolute atomic E-state index is 0.0716. The molecule has 1 N–H and O–H groups in total. The fourth-order valence-corrected chi connectivity index (χ4v) is 1.57. The molecule has 0 heterocycles. The fourth-order valence-electron chi connectivity index (χ4n) is 1.57. The molecule has 2 heteroatoms. The van der Waals surface area contributed by atoms with E-state index in [1.807, 2.05) is 63.3 Å². The molecule has 0 aliphatic heterocycles. The Bertz CT molecular complexity index is 341. The first kappa shape index (κ1) is 13.9. The van der Waals surface area contributed by atoms with Crippen molar-refractivity contribution in [2.45, 2.75) is 33.5 Å². The number of allylic oxidation sites excluding steroid dienone is 1. The number of rotatable bonds is 6. The van der Waals surface area contributed by atoms with E-state index < -0.39 is 0 Å². The molecular formula is C15H22O2. The van der Waals surface area contributed by atoms with Gasteiger partial charge in [0.25, 0.3) is 0 Å². The number of aliphatic hydroxyl groups is 1. The van der Waals surface area contributed by atoms with E-state index >= 15 is 0 Å². The van der Waals surface area contributed by atoms with Crippen molar-refractivity contribution in [2.24, 2.45) is 5.41 Å². The van der Waals surface area contributed by atoms with Crippen molar-refractivity contribution in [1.29, 1.82) is 0 Å². The molecule has 0 saturated carbocycles. The Morgan fingerprint density at radius 1 is 1.29 bits per heavy atom. The summed E-state index contributed by atoms with van der Waals surface area (Å²) in [7, 11) is 0. The zero-order valence-corrected chi connectivity index (χ0v) is 10.9. The van der Waals surface area contributed by atoms with Gasteiger partial charge in [0, 0.05) is 5.41 Å². The van der Waals surface area contributed by atoms with Crippen LogP contribution in [0, 0.1) is 5.41 Å². The molecule has 0 amide bonds. The van der Waals surface area contributed by atoms with Gasteiger partial charge in [-0.25, -0.2) is 0 Å². The van der Waals surface area contributed by atoms with E-state index in [-0.39, 0.29) is 18.1 Å². The Kier molecular flexibility index (Phi) is 5.39. The summed E-state index contributed by atoms with van der Waals surface area (Å²) in [6.45, 7) is 6.65. The van der Waals surface area contributed by atoms with E-state index in [0.717, 1.165) is 5.56 Å². The third kappa shape index (κ3) is 4.33. The van der Waals surface area contributed by atoms with Gasteiger partial charge in [0.1, 0.15) is 0 Å². The second kappa shape index (κ2) is 6.58. The van der Waals surface area contributed by atoms with Crippen molar-refractivity contribution in [1.82, 2.24) is 0 Å². The van der Waals surface area contributed by atoms with Crippen molar-refractivity contribution in [3.63, 3.8) is 0 Å². The first-order valence-corrected chi connectivity index (χ1v) is 5.99. The number of aliphatic hydroxyl groups excluding tert-OH is 1. The van der Waals surface area contributed by atoms with Crippen LogP contribution in [-0.4, -0.2) is 17.8 Å². The Hall–Kier alpha value is -1.12. The summed E-state index contributed by atoms with van der Waals surface area (Å²) in [5, 5.41) is 9.37. The largest absolute Gasteiger partial charge is 0.396 e. The first-order chi connectivity index (χ1) is 8.10. The summed E-state index contributed by atoms with van der Waals surface area (Å²) >= 11 is 0. The number of benzene rings is 1. The van der Waals surface area contributed by atoms with Crippen LogP contribution in [0.1, 0.15) is 26.3 Å². The zero-order chi connectivity index (χ0) is 12.7. The van der Waals surface area contributed by atoms with E-state index in [4.69, 9.17) is 4.74 Å². The number of ether oxygens (including phenoxy) is 1. The van der Waals surface area contributed by atoms with Gasteiger partial charge in [-0.1, -0.05) is 56.3 Å². The molecule has 1 aromatic rings. The standard InChI is InChI=1S/C15H22O2/c1-4-8-14(15(2,3)12-16)17-11-13-9-6-5-7-10-13/h4-10,14,16H,11-12H2,1-3H3/t14-/m0/s1. The highest BCUT2D eigenvalue weighted by atomic mass is 16.5. The lowest BCUT2D eigenvalue weighted by atomic mass is 9.87. The van der Waals surface area contributed by atoms with Gasteiger partial charge in [-0.15, -0.1) is 0 Å². The highest BCUT2D eigenvalue weighted by Gasteiger charge is 2.27. The predicted octanol–water partition coefficient (Wildman–Crippen LogP) is 3.17. The smallest absolute Gasteiger partial charge is 0.0833 e. The van der Waals surface area contributed by atoms with Gasteiger partial charge in [0.2, 0.25) is 0 Å². The Morgan fingerprint density at radius 3 is 2.47 bits per heavy atom. The maximum absolute atomic E-state index is 9.37. The van der Waals surface area contributed by atoms with E-state index in [1.54, 1.807) is 0 Å². The van der Waals surface area contributed by atoms with Crippen molar-refractivity contribution in [2.75, 3.05) is 6.61 Å². The SMILES string of the molecule is CC=C[C@H](OCc1ccccc1)C(C)(C)CO. The van der Waals surface area contributed by atoms with Crippen LogP contribution < -0.4 is 0 Å². The first-order valence-electron chi connectivity index (χ1n) is 5.99. The van der Waals surface area contributed by atoms with Crippen LogP contribution in [0.5, 0.6) is 0 Å². The predicted molar refractivity (Wildman–Crippen MR) is 70.7 cm³/mol. The summed E-state index contributed by atoms with van der Waals surface area (Å²) in [4.78, 5) is 0. The van der Waals surface area contributed by atoms with Crippen LogP contribution in [0.3, 0.4) is 0 Å². The fraction of sp³-hybridized carbons (Fsp3) is 0.467. The van der Waals surface area contributed by atoms with Crippen LogP contribution in [0.15, 0.2) is 42.5 Å². The maximum atomic E-state index is 9.37. The normalized spacial score (nSPS) is 14.1. The summed E-state index contributed by atoms with van der Waals surface area (Å²) in [6.07, 6.45) is 3.89. The van der Waals surface area contributed by atoms with Gasteiger partial charge < -0.3 is 9.84 Å². The van der Waals surface area contributed by atoms with Crippen LogP contribution >= 0.6 is 0 Å². The molecule has 0 aliphatic carbocycles. The molecular weight excluding hydrogens is 212 g/mol. The van der Waals surface area contributed by atoms with Crippen molar-refractivity contribution >= 4 is 0 Å². The second-order valence-corrected chi connectivity index (χ2v) is 4.89. The molecule has 0 aromatic heterocycles. The maximum Gasteiger partial charge on any atom is 0.0833 e. The molecule has 17 heavy (non-hydrogen) atoms. The average molecular weight is 234 g/mol. The van der Waals surface area contributed by atoms with Gasteiger partial charge in [-0.2, -0.15) is 0 Å². The lowest BCUT2D eigenvalue weighted by Gasteiger charge is -2.30. The minimum atomic E-state index is -0.263. The molecule has 1 rings (SSSR count). The summed E-state index contributed by atoms with van der Waals surface area (Å²) < 4.78 is 5.88. The Morgan fingerprint density at radius 2 is 1.94 bits per heavy atom. The molecule has 0 unspecified atom stereocenters.